The van der Waals surface area contributed by atoms with Crippen molar-refractivity contribution in [2.75, 3.05) is 0 Å². The topological polar surface area (TPSA) is 54.5 Å². The van der Waals surface area contributed by atoms with Crippen molar-refractivity contribution >= 4 is 0 Å². The van der Waals surface area contributed by atoms with E-state index >= 15 is 0 Å². The van der Waals surface area contributed by atoms with E-state index in [9.17, 15) is 0 Å². The van der Waals surface area contributed by atoms with Crippen LogP contribution < -0.4 is 0 Å². The van der Waals surface area contributed by atoms with E-state index in [1.54, 1.807) is 4.68 Å². The largest absolute Gasteiger partial charge is 0.252 e. The molecule has 12 heavy (non-hydrogen) atoms. The molecule has 1 aromatic rings. The smallest absolute Gasteiger partial charge is 0.100 e. The third-order valence-corrected chi connectivity index (χ3v) is 2.15. The quantitative estimate of drug-likeness (QED) is 0.645. The number of aryl methyl sites for hydroxylation is 1. The molecule has 0 atom stereocenters. The first-order valence-corrected chi connectivity index (χ1v) is 4.08. The molecule has 0 radical (unpaired) electrons. The molecule has 0 saturated heterocycles. The summed E-state index contributed by atoms with van der Waals surface area (Å²) in [6.45, 7) is 0. The summed E-state index contributed by atoms with van der Waals surface area (Å²) >= 11 is 0. The van der Waals surface area contributed by atoms with Crippen LogP contribution >= 0.6 is 0 Å². The van der Waals surface area contributed by atoms with Crippen molar-refractivity contribution in [3.63, 3.8) is 0 Å². The molecule has 0 spiro atoms. The molecule has 1 aliphatic carbocycles. The van der Waals surface area contributed by atoms with Crippen molar-refractivity contribution in [3.8, 4) is 6.07 Å². The SMILES string of the molecule is Cn1nnc(CC#N)c1C1CC1. The third kappa shape index (κ3) is 1.07. The van der Waals surface area contributed by atoms with Gasteiger partial charge in [-0.15, -0.1) is 5.10 Å². The molecule has 1 aliphatic rings. The van der Waals surface area contributed by atoms with Gasteiger partial charge in [0.05, 0.1) is 18.2 Å². The van der Waals surface area contributed by atoms with Crippen LogP contribution in [0.1, 0.15) is 30.1 Å². The van der Waals surface area contributed by atoms with E-state index in [1.165, 1.54) is 12.8 Å². The first-order chi connectivity index (χ1) is 5.83. The second kappa shape index (κ2) is 2.59. The summed E-state index contributed by atoms with van der Waals surface area (Å²) in [6, 6.07) is 2.10. The summed E-state index contributed by atoms with van der Waals surface area (Å²) in [4.78, 5) is 0. The van der Waals surface area contributed by atoms with Gasteiger partial charge in [-0.2, -0.15) is 5.26 Å². The van der Waals surface area contributed by atoms with Gasteiger partial charge in [-0.1, -0.05) is 5.21 Å². The van der Waals surface area contributed by atoms with Gasteiger partial charge in [-0.05, 0) is 12.8 Å². The molecule has 62 valence electrons. The number of nitrogens with zero attached hydrogens (tertiary/aromatic N) is 4. The fraction of sp³-hybridized carbons (Fsp3) is 0.625. The van der Waals surface area contributed by atoms with Crippen molar-refractivity contribution in [3.05, 3.63) is 11.4 Å². The molecule has 1 saturated carbocycles. The monoisotopic (exact) mass is 162 g/mol. The van der Waals surface area contributed by atoms with Crippen LogP contribution in [0.3, 0.4) is 0 Å². The van der Waals surface area contributed by atoms with Crippen molar-refractivity contribution in [1.29, 1.82) is 5.26 Å². The number of hydrogen-bond acceptors (Lipinski definition) is 3. The predicted molar refractivity (Wildman–Crippen MR) is 42.3 cm³/mol. The van der Waals surface area contributed by atoms with Crippen LogP contribution in [-0.4, -0.2) is 15.0 Å². The summed E-state index contributed by atoms with van der Waals surface area (Å²) in [5, 5.41) is 16.4. The zero-order valence-corrected chi connectivity index (χ0v) is 6.99. The number of aromatic nitrogens is 3. The lowest BCUT2D eigenvalue weighted by atomic mass is 10.2. The van der Waals surface area contributed by atoms with Crippen molar-refractivity contribution in [2.45, 2.75) is 25.2 Å². The van der Waals surface area contributed by atoms with E-state index in [4.69, 9.17) is 5.26 Å². The molecule has 0 bridgehead atoms. The van der Waals surface area contributed by atoms with Crippen molar-refractivity contribution in [1.82, 2.24) is 15.0 Å². The molecule has 4 nitrogen and oxygen atoms in total. The highest BCUT2D eigenvalue weighted by Crippen LogP contribution is 2.40. The van der Waals surface area contributed by atoms with Crippen LogP contribution in [0.15, 0.2) is 0 Å². The lowest BCUT2D eigenvalue weighted by Gasteiger charge is -1.97. The van der Waals surface area contributed by atoms with Crippen LogP contribution in [-0.2, 0) is 13.5 Å². The van der Waals surface area contributed by atoms with E-state index in [2.05, 4.69) is 16.4 Å². The average Bonchev–Trinajstić information content (AvgIpc) is 2.80. The van der Waals surface area contributed by atoms with Crippen LogP contribution in [0.5, 0.6) is 0 Å². The lowest BCUT2D eigenvalue weighted by Crippen LogP contribution is -1.98. The molecule has 1 fully saturated rings. The molecule has 4 heteroatoms. The number of nitriles is 1. The Morgan fingerprint density at radius 1 is 1.67 bits per heavy atom. The van der Waals surface area contributed by atoms with Gasteiger partial charge in [0, 0.05) is 13.0 Å². The zero-order valence-electron chi connectivity index (χ0n) is 6.99. The highest BCUT2D eigenvalue weighted by Gasteiger charge is 2.29. The maximum Gasteiger partial charge on any atom is 0.100 e. The predicted octanol–water partition coefficient (Wildman–Crippen LogP) is 0.759. The van der Waals surface area contributed by atoms with Gasteiger partial charge in [-0.25, -0.2) is 0 Å². The van der Waals surface area contributed by atoms with Crippen LogP contribution in [0.2, 0.25) is 0 Å². The summed E-state index contributed by atoms with van der Waals surface area (Å²) in [5.74, 6) is 0.619. The molecule has 1 aromatic heterocycles. The minimum Gasteiger partial charge on any atom is -0.252 e. The Morgan fingerprint density at radius 3 is 3.00 bits per heavy atom. The highest BCUT2D eigenvalue weighted by molar-refractivity contribution is 5.22. The molecule has 0 aliphatic heterocycles. The molecule has 0 unspecified atom stereocenters. The van der Waals surface area contributed by atoms with Gasteiger partial charge in [0.2, 0.25) is 0 Å². The number of rotatable bonds is 2. The number of hydrogen-bond donors (Lipinski definition) is 0. The third-order valence-electron chi connectivity index (χ3n) is 2.15. The van der Waals surface area contributed by atoms with Gasteiger partial charge >= 0.3 is 0 Å². The van der Waals surface area contributed by atoms with E-state index in [0.29, 0.717) is 12.3 Å². The summed E-state index contributed by atoms with van der Waals surface area (Å²) in [6.07, 6.45) is 2.83. The van der Waals surface area contributed by atoms with Gasteiger partial charge in [0.15, 0.2) is 0 Å². The molecule has 0 amide bonds. The molecule has 0 aromatic carbocycles. The standard InChI is InChI=1S/C8H10N4/c1-12-8(6-2-3-6)7(4-5-9)10-11-12/h6H,2-4H2,1H3. The van der Waals surface area contributed by atoms with Crippen LogP contribution in [0.25, 0.3) is 0 Å². The average molecular weight is 162 g/mol. The fourth-order valence-corrected chi connectivity index (χ4v) is 1.46. The second-order valence-electron chi connectivity index (χ2n) is 3.15. The molecular weight excluding hydrogens is 152 g/mol. The Kier molecular flexibility index (Phi) is 1.58. The van der Waals surface area contributed by atoms with Crippen LogP contribution in [0, 0.1) is 11.3 Å². The summed E-state index contributed by atoms with van der Waals surface area (Å²) < 4.78 is 1.80. The first kappa shape index (κ1) is 7.29. The molecule has 1 heterocycles. The Morgan fingerprint density at radius 2 is 2.42 bits per heavy atom. The van der Waals surface area contributed by atoms with Gasteiger partial charge in [0.25, 0.3) is 0 Å². The van der Waals surface area contributed by atoms with Gasteiger partial charge in [-0.3, -0.25) is 4.68 Å². The maximum absolute atomic E-state index is 8.53. The van der Waals surface area contributed by atoms with E-state index in [1.807, 2.05) is 7.05 Å². The Balaban J connectivity index is 2.34. The molecule has 0 N–H and O–H groups in total. The van der Waals surface area contributed by atoms with Crippen LogP contribution in [0.4, 0.5) is 0 Å². The van der Waals surface area contributed by atoms with E-state index in [-0.39, 0.29) is 0 Å². The highest BCUT2D eigenvalue weighted by atomic mass is 15.4. The van der Waals surface area contributed by atoms with E-state index in [0.717, 1.165) is 11.4 Å². The van der Waals surface area contributed by atoms with E-state index < -0.39 is 0 Å². The normalized spacial score (nSPS) is 16.0. The summed E-state index contributed by atoms with van der Waals surface area (Å²) in [5.41, 5.74) is 2.03. The fourth-order valence-electron chi connectivity index (χ4n) is 1.46. The minimum atomic E-state index is 0.389. The lowest BCUT2D eigenvalue weighted by molar-refractivity contribution is 0.679. The summed E-state index contributed by atoms with van der Waals surface area (Å²) in [7, 11) is 1.89. The second-order valence-corrected chi connectivity index (χ2v) is 3.15. The Bertz CT molecular complexity index is 329. The van der Waals surface area contributed by atoms with Gasteiger partial charge < -0.3 is 0 Å². The maximum atomic E-state index is 8.53. The zero-order chi connectivity index (χ0) is 8.55. The van der Waals surface area contributed by atoms with Gasteiger partial charge in [0.1, 0.15) is 5.69 Å². The molecular formula is C8H10N4. The Hall–Kier alpha value is -1.37. The molecule has 2 rings (SSSR count). The Labute approximate surface area is 70.8 Å². The van der Waals surface area contributed by atoms with Crippen molar-refractivity contribution < 1.29 is 0 Å². The minimum absolute atomic E-state index is 0.389. The first-order valence-electron chi connectivity index (χ1n) is 4.08. The van der Waals surface area contributed by atoms with Crippen molar-refractivity contribution in [2.24, 2.45) is 7.05 Å².